The van der Waals surface area contributed by atoms with Crippen molar-refractivity contribution in [3.8, 4) is 0 Å². The van der Waals surface area contributed by atoms with Gasteiger partial charge in [-0.25, -0.2) is 4.18 Å². The monoisotopic (exact) mass is 833 g/mol. The second kappa shape index (κ2) is 28.1. The fourth-order valence-electron chi connectivity index (χ4n) is 7.25. The molecule has 3 rings (SSSR count). The third-order valence-electron chi connectivity index (χ3n) is 10.4. The minimum absolute atomic E-state index is 0.0414. The number of amides is 1. The fourth-order valence-corrected chi connectivity index (χ4v) is 7.77. The number of rotatable bonds is 30. The van der Waals surface area contributed by atoms with E-state index < -0.39 is 71.6 Å². The summed E-state index contributed by atoms with van der Waals surface area (Å²) in [6.07, 6.45) is 8.92. The molecule has 0 radical (unpaired) electrons. The molecule has 4 N–H and O–H groups in total. The number of ether oxygens (including phenoxy) is 3. The quantitative estimate of drug-likeness (QED) is 0.0355. The van der Waals surface area contributed by atoms with Crippen molar-refractivity contribution in [1.82, 2.24) is 5.32 Å². The highest BCUT2D eigenvalue weighted by Crippen LogP contribution is 2.27. The second-order valence-corrected chi connectivity index (χ2v) is 16.4. The zero-order valence-electron chi connectivity index (χ0n) is 34.2. The number of carbonyl (C=O) groups is 3. The summed E-state index contributed by atoms with van der Waals surface area (Å²) in [6, 6.07) is 18.2. The molecule has 13 nitrogen and oxygen atoms in total. The number of aliphatic hydroxyl groups excluding tert-OH is 2. The van der Waals surface area contributed by atoms with Crippen LogP contribution in [0.4, 0.5) is 0 Å². The van der Waals surface area contributed by atoms with Crippen LogP contribution < -0.4 is 5.32 Å². The van der Waals surface area contributed by atoms with E-state index in [0.717, 1.165) is 69.8 Å². The van der Waals surface area contributed by atoms with E-state index in [0.29, 0.717) is 25.7 Å². The Balaban J connectivity index is 1.61. The molecule has 1 aliphatic rings. The van der Waals surface area contributed by atoms with Crippen LogP contribution >= 0.6 is 0 Å². The van der Waals surface area contributed by atoms with Crippen molar-refractivity contribution < 1.29 is 56.0 Å². The lowest BCUT2D eigenvalue weighted by Crippen LogP contribution is -2.66. The Bertz CT molecular complexity index is 1540. The van der Waals surface area contributed by atoms with Gasteiger partial charge in [-0.2, -0.15) is 8.42 Å². The van der Waals surface area contributed by atoms with E-state index >= 15 is 0 Å². The Hall–Kier alpha value is -3.40. The van der Waals surface area contributed by atoms with Crippen molar-refractivity contribution in [2.24, 2.45) is 0 Å². The molecule has 326 valence electrons. The van der Waals surface area contributed by atoms with Crippen LogP contribution in [-0.4, -0.2) is 84.4 Å². The zero-order chi connectivity index (χ0) is 42.0. The predicted molar refractivity (Wildman–Crippen MR) is 220 cm³/mol. The number of esters is 2. The Morgan fingerprint density at radius 2 is 1.28 bits per heavy atom. The van der Waals surface area contributed by atoms with Crippen LogP contribution in [0.15, 0.2) is 60.7 Å². The maximum Gasteiger partial charge on any atom is 0.397 e. The number of nitrogens with one attached hydrogen (secondary N) is 1. The Morgan fingerprint density at radius 1 is 0.724 bits per heavy atom. The van der Waals surface area contributed by atoms with E-state index in [1.807, 2.05) is 48.5 Å². The van der Waals surface area contributed by atoms with Crippen LogP contribution in [0.1, 0.15) is 140 Å². The SMILES string of the molecule is CCCCCCCCCCC[C@@H](CC(=O)N[C@H]1C(O)O[C@H](CO)[C@@H](OS(=O)(=O)O)[C@@H]1OC(=O)CCCCCCCCc1ccccc1)OC(=O)CCc1ccccc1. The van der Waals surface area contributed by atoms with E-state index in [-0.39, 0.29) is 19.3 Å². The van der Waals surface area contributed by atoms with Crippen molar-refractivity contribution >= 4 is 28.2 Å². The lowest BCUT2D eigenvalue weighted by atomic mass is 9.96. The molecule has 1 fully saturated rings. The van der Waals surface area contributed by atoms with Crippen LogP contribution in [0.2, 0.25) is 0 Å². The van der Waals surface area contributed by atoms with Crippen molar-refractivity contribution in [2.75, 3.05) is 6.61 Å². The molecule has 1 heterocycles. The average molecular weight is 834 g/mol. The van der Waals surface area contributed by atoms with Crippen LogP contribution in [0.25, 0.3) is 0 Å². The molecule has 1 aliphatic heterocycles. The van der Waals surface area contributed by atoms with Gasteiger partial charge >= 0.3 is 22.3 Å². The third-order valence-corrected chi connectivity index (χ3v) is 10.9. The smallest absolute Gasteiger partial charge is 0.397 e. The van der Waals surface area contributed by atoms with Gasteiger partial charge in [0, 0.05) is 12.8 Å². The molecule has 2 aromatic carbocycles. The highest BCUT2D eigenvalue weighted by atomic mass is 32.3. The maximum atomic E-state index is 13.6. The molecule has 0 spiro atoms. The van der Waals surface area contributed by atoms with Gasteiger partial charge in [-0.15, -0.1) is 0 Å². The molecule has 58 heavy (non-hydrogen) atoms. The van der Waals surface area contributed by atoms with Gasteiger partial charge in [0.25, 0.3) is 0 Å². The molecular formula is C44H67NO12S. The number of aliphatic hydroxyl groups is 2. The molecule has 1 saturated heterocycles. The first-order valence-corrected chi connectivity index (χ1v) is 22.7. The van der Waals surface area contributed by atoms with Gasteiger partial charge in [0.2, 0.25) is 5.91 Å². The number of hydrogen-bond acceptors (Lipinski definition) is 11. The van der Waals surface area contributed by atoms with E-state index in [1.165, 1.54) is 31.2 Å². The topological polar surface area (TPSA) is 195 Å². The van der Waals surface area contributed by atoms with Gasteiger partial charge in [-0.3, -0.25) is 18.9 Å². The van der Waals surface area contributed by atoms with Crippen LogP contribution in [0, 0.1) is 0 Å². The Labute approximate surface area is 345 Å². The van der Waals surface area contributed by atoms with Crippen molar-refractivity contribution in [2.45, 2.75) is 179 Å². The fraction of sp³-hybridized carbons (Fsp3) is 0.659. The Morgan fingerprint density at radius 3 is 1.86 bits per heavy atom. The third kappa shape index (κ3) is 20.5. The van der Waals surface area contributed by atoms with Crippen molar-refractivity contribution in [1.29, 1.82) is 0 Å². The maximum absolute atomic E-state index is 13.6. The lowest BCUT2D eigenvalue weighted by molar-refractivity contribution is -0.254. The molecule has 14 heteroatoms. The lowest BCUT2D eigenvalue weighted by Gasteiger charge is -2.43. The van der Waals surface area contributed by atoms with Crippen molar-refractivity contribution in [3.05, 3.63) is 71.8 Å². The minimum Gasteiger partial charge on any atom is -0.462 e. The molecule has 6 atom stereocenters. The minimum atomic E-state index is -5.17. The number of carbonyl (C=O) groups excluding carboxylic acids is 3. The molecule has 1 amide bonds. The molecular weight excluding hydrogens is 767 g/mol. The summed E-state index contributed by atoms with van der Waals surface area (Å²) in [5.41, 5.74) is 2.27. The second-order valence-electron chi connectivity index (χ2n) is 15.3. The molecule has 0 aromatic heterocycles. The van der Waals surface area contributed by atoms with Crippen LogP contribution in [0.5, 0.6) is 0 Å². The summed E-state index contributed by atoms with van der Waals surface area (Å²) >= 11 is 0. The van der Waals surface area contributed by atoms with Gasteiger partial charge in [0.1, 0.15) is 24.4 Å². The first-order valence-electron chi connectivity index (χ1n) is 21.3. The summed E-state index contributed by atoms with van der Waals surface area (Å²) in [5.74, 6) is -1.91. The first kappa shape index (κ1) is 49.0. The molecule has 0 bridgehead atoms. The summed E-state index contributed by atoms with van der Waals surface area (Å²) in [7, 11) is -5.17. The van der Waals surface area contributed by atoms with Gasteiger partial charge in [-0.05, 0) is 49.7 Å². The summed E-state index contributed by atoms with van der Waals surface area (Å²) in [5, 5.41) is 23.5. The number of aryl methyl sites for hydroxylation is 2. The number of benzene rings is 2. The molecule has 2 aromatic rings. The van der Waals surface area contributed by atoms with Gasteiger partial charge < -0.3 is 29.7 Å². The normalized spacial score (nSPS) is 20.0. The van der Waals surface area contributed by atoms with E-state index in [4.69, 9.17) is 18.4 Å². The standard InChI is InChI=1S/C44H67NO12S/c1-2-3-4-5-6-7-8-12-21-28-36(54-40(49)31-30-35-26-19-15-20-27-35)32-38(47)45-41-43(42(57-58(51,52)53)37(33-46)55-44(41)50)56-39(48)29-22-13-10-9-11-16-23-34-24-17-14-18-25-34/h14-15,17-20,24-27,36-37,41-44,46,50H,2-13,16,21-23,28-33H2,1H3,(H,45,47)(H,51,52,53)/t36-,37+,41+,42+,43+,44?/m0/s1. The predicted octanol–water partition coefficient (Wildman–Crippen LogP) is 7.11. The summed E-state index contributed by atoms with van der Waals surface area (Å²) in [4.78, 5) is 39.7. The van der Waals surface area contributed by atoms with E-state index in [1.54, 1.807) is 0 Å². The van der Waals surface area contributed by atoms with Crippen LogP contribution in [0.3, 0.4) is 0 Å². The van der Waals surface area contributed by atoms with E-state index in [9.17, 15) is 37.6 Å². The van der Waals surface area contributed by atoms with Crippen LogP contribution in [-0.2, 0) is 56.0 Å². The number of hydrogen-bond donors (Lipinski definition) is 4. The molecule has 1 unspecified atom stereocenters. The first-order chi connectivity index (χ1) is 28.0. The van der Waals surface area contributed by atoms with Gasteiger partial charge in [0.05, 0.1) is 13.0 Å². The molecule has 0 saturated carbocycles. The average Bonchev–Trinajstić information content (AvgIpc) is 3.20. The largest absolute Gasteiger partial charge is 0.462 e. The Kier molecular flexibility index (Phi) is 23.8. The zero-order valence-corrected chi connectivity index (χ0v) is 35.0. The summed E-state index contributed by atoms with van der Waals surface area (Å²) < 4.78 is 55.0. The number of unbranched alkanes of at least 4 members (excludes halogenated alkanes) is 13. The van der Waals surface area contributed by atoms with Gasteiger partial charge in [-0.1, -0.05) is 145 Å². The highest BCUT2D eigenvalue weighted by Gasteiger charge is 2.50. The van der Waals surface area contributed by atoms with Gasteiger partial charge in [0.15, 0.2) is 12.4 Å². The van der Waals surface area contributed by atoms with E-state index in [2.05, 4.69) is 24.4 Å². The summed E-state index contributed by atoms with van der Waals surface area (Å²) in [6.45, 7) is 1.32. The van der Waals surface area contributed by atoms with Crippen molar-refractivity contribution in [3.63, 3.8) is 0 Å². The highest BCUT2D eigenvalue weighted by molar-refractivity contribution is 7.80. The molecule has 0 aliphatic carbocycles.